The summed E-state index contributed by atoms with van der Waals surface area (Å²) < 4.78 is 1.62. The van der Waals surface area contributed by atoms with Gasteiger partial charge in [-0.2, -0.15) is 5.10 Å². The highest BCUT2D eigenvalue weighted by Gasteiger charge is 2.36. The van der Waals surface area contributed by atoms with Crippen molar-refractivity contribution in [3.8, 4) is 0 Å². The van der Waals surface area contributed by atoms with Crippen molar-refractivity contribution in [3.63, 3.8) is 0 Å². The van der Waals surface area contributed by atoms with Gasteiger partial charge in [-0.25, -0.2) is 9.67 Å². The summed E-state index contributed by atoms with van der Waals surface area (Å²) in [7, 11) is 0. The third-order valence-electron chi connectivity index (χ3n) is 4.18. The van der Waals surface area contributed by atoms with Crippen LogP contribution in [0.4, 0.5) is 0 Å². The van der Waals surface area contributed by atoms with Crippen LogP contribution in [-0.2, 0) is 11.3 Å². The Morgan fingerprint density at radius 3 is 2.75 bits per heavy atom. The van der Waals surface area contributed by atoms with Crippen molar-refractivity contribution in [2.45, 2.75) is 19.1 Å². The average Bonchev–Trinajstić information content (AvgIpc) is 3.17. The predicted octanol–water partition coefficient (Wildman–Crippen LogP) is 0.234. The van der Waals surface area contributed by atoms with Gasteiger partial charge in [0, 0.05) is 24.6 Å². The zero-order valence-electron chi connectivity index (χ0n) is 12.9. The number of carbonyl (C=O) groups is 2. The smallest absolute Gasteiger partial charge is 0.303 e. The second kappa shape index (κ2) is 6.79. The topological polar surface area (TPSA) is 109 Å². The van der Waals surface area contributed by atoms with Crippen LogP contribution in [0.3, 0.4) is 0 Å². The Morgan fingerprint density at radius 1 is 1.25 bits per heavy atom. The number of hydrogen-bond acceptors (Lipinski definition) is 5. The van der Waals surface area contributed by atoms with Crippen molar-refractivity contribution in [1.82, 2.24) is 19.7 Å². The molecular formula is C16H18N4O4. The van der Waals surface area contributed by atoms with Gasteiger partial charge in [-0.05, 0) is 11.6 Å². The second-order valence-electron chi connectivity index (χ2n) is 5.89. The lowest BCUT2D eigenvalue weighted by Gasteiger charge is -2.18. The van der Waals surface area contributed by atoms with Gasteiger partial charge in [-0.1, -0.05) is 18.2 Å². The number of amides is 1. The van der Waals surface area contributed by atoms with Crippen LogP contribution in [0.15, 0.2) is 36.9 Å². The molecule has 2 heterocycles. The Morgan fingerprint density at radius 2 is 2.04 bits per heavy atom. The SMILES string of the molecule is O=C(O)C[C@@H]1CN(C(=O)c2ccccc2Cn2cncn2)C[C@H]1O. The number of β-amino-alcohol motifs (C(OH)–C–C–N with tert-alkyl or cyclic N) is 1. The van der Waals surface area contributed by atoms with E-state index in [1.807, 2.05) is 12.1 Å². The van der Waals surface area contributed by atoms with Crippen LogP contribution in [0, 0.1) is 5.92 Å². The van der Waals surface area contributed by atoms with Crippen molar-refractivity contribution < 1.29 is 19.8 Å². The van der Waals surface area contributed by atoms with Crippen molar-refractivity contribution in [1.29, 1.82) is 0 Å². The zero-order chi connectivity index (χ0) is 17.1. The van der Waals surface area contributed by atoms with E-state index in [0.717, 1.165) is 5.56 Å². The maximum atomic E-state index is 12.8. The molecule has 0 unspecified atom stereocenters. The molecule has 1 aromatic heterocycles. The molecule has 1 fully saturated rings. The van der Waals surface area contributed by atoms with E-state index in [1.165, 1.54) is 11.2 Å². The number of carboxylic acid groups (broad SMARTS) is 1. The van der Waals surface area contributed by atoms with E-state index in [9.17, 15) is 14.7 Å². The molecular weight excluding hydrogens is 312 g/mol. The molecule has 3 rings (SSSR count). The van der Waals surface area contributed by atoms with Gasteiger partial charge < -0.3 is 15.1 Å². The van der Waals surface area contributed by atoms with Crippen LogP contribution in [0.25, 0.3) is 0 Å². The summed E-state index contributed by atoms with van der Waals surface area (Å²) in [4.78, 5) is 29.0. The normalized spacial score (nSPS) is 20.3. The summed E-state index contributed by atoms with van der Waals surface area (Å²) in [6.07, 6.45) is 2.04. The van der Waals surface area contributed by atoms with Gasteiger partial charge >= 0.3 is 5.97 Å². The largest absolute Gasteiger partial charge is 0.481 e. The fraction of sp³-hybridized carbons (Fsp3) is 0.375. The third kappa shape index (κ3) is 3.43. The molecule has 0 aliphatic carbocycles. The molecule has 1 aliphatic rings. The van der Waals surface area contributed by atoms with E-state index in [2.05, 4.69) is 10.1 Å². The Labute approximate surface area is 138 Å². The second-order valence-corrected chi connectivity index (χ2v) is 5.89. The summed E-state index contributed by atoms with van der Waals surface area (Å²) in [5.41, 5.74) is 1.32. The minimum absolute atomic E-state index is 0.147. The van der Waals surface area contributed by atoms with E-state index in [0.29, 0.717) is 12.1 Å². The first-order valence-electron chi connectivity index (χ1n) is 7.64. The number of likely N-dealkylation sites (tertiary alicyclic amines) is 1. The number of carboxylic acids is 1. The van der Waals surface area contributed by atoms with Crippen molar-refractivity contribution in [2.24, 2.45) is 5.92 Å². The lowest BCUT2D eigenvalue weighted by molar-refractivity contribution is -0.138. The molecule has 0 bridgehead atoms. The maximum absolute atomic E-state index is 12.8. The first-order valence-corrected chi connectivity index (χ1v) is 7.64. The molecule has 0 spiro atoms. The molecule has 0 saturated carbocycles. The highest BCUT2D eigenvalue weighted by atomic mass is 16.4. The van der Waals surface area contributed by atoms with Crippen LogP contribution in [-0.4, -0.2) is 60.9 Å². The highest BCUT2D eigenvalue weighted by Crippen LogP contribution is 2.23. The number of aliphatic hydroxyl groups is 1. The number of benzene rings is 1. The van der Waals surface area contributed by atoms with E-state index in [1.54, 1.807) is 23.1 Å². The number of hydrogen-bond donors (Lipinski definition) is 2. The Kier molecular flexibility index (Phi) is 4.57. The van der Waals surface area contributed by atoms with Gasteiger partial charge in [-0.3, -0.25) is 9.59 Å². The van der Waals surface area contributed by atoms with Gasteiger partial charge in [0.05, 0.1) is 19.1 Å². The van der Waals surface area contributed by atoms with Crippen LogP contribution in [0.2, 0.25) is 0 Å². The van der Waals surface area contributed by atoms with Crippen LogP contribution >= 0.6 is 0 Å². The van der Waals surface area contributed by atoms with E-state index < -0.39 is 18.0 Å². The van der Waals surface area contributed by atoms with E-state index >= 15 is 0 Å². The average molecular weight is 330 g/mol. The Hall–Kier alpha value is -2.74. The van der Waals surface area contributed by atoms with Crippen LogP contribution < -0.4 is 0 Å². The molecule has 24 heavy (non-hydrogen) atoms. The van der Waals surface area contributed by atoms with Crippen LogP contribution in [0.1, 0.15) is 22.3 Å². The fourth-order valence-electron chi connectivity index (χ4n) is 2.97. The van der Waals surface area contributed by atoms with Gasteiger partial charge in [0.2, 0.25) is 0 Å². The molecule has 126 valence electrons. The molecule has 1 aliphatic heterocycles. The standard InChI is InChI=1S/C16H18N4O4/c21-14-8-19(6-12(14)5-15(22)23)16(24)13-4-2-1-3-11(13)7-20-10-17-9-18-20/h1-4,9-10,12,14,21H,5-8H2,(H,22,23)/t12-,14-/m1/s1. The third-order valence-corrected chi connectivity index (χ3v) is 4.18. The minimum Gasteiger partial charge on any atom is -0.481 e. The lowest BCUT2D eigenvalue weighted by atomic mass is 10.0. The Balaban J connectivity index is 1.77. The van der Waals surface area contributed by atoms with Crippen molar-refractivity contribution in [3.05, 3.63) is 48.0 Å². The molecule has 2 aromatic rings. The molecule has 2 N–H and O–H groups in total. The lowest BCUT2D eigenvalue weighted by Crippen LogP contribution is -2.30. The fourth-order valence-corrected chi connectivity index (χ4v) is 2.97. The molecule has 0 radical (unpaired) electrons. The van der Waals surface area contributed by atoms with Gasteiger partial charge in [0.15, 0.2) is 0 Å². The molecule has 1 saturated heterocycles. The van der Waals surface area contributed by atoms with E-state index in [4.69, 9.17) is 5.11 Å². The number of aliphatic hydroxyl groups excluding tert-OH is 1. The minimum atomic E-state index is -0.972. The Bertz CT molecular complexity index is 731. The molecule has 1 amide bonds. The molecule has 8 heteroatoms. The first-order chi connectivity index (χ1) is 11.5. The van der Waals surface area contributed by atoms with Crippen molar-refractivity contribution in [2.75, 3.05) is 13.1 Å². The number of carbonyl (C=O) groups excluding carboxylic acids is 1. The van der Waals surface area contributed by atoms with Crippen molar-refractivity contribution >= 4 is 11.9 Å². The highest BCUT2D eigenvalue weighted by molar-refractivity contribution is 5.96. The number of aromatic nitrogens is 3. The number of nitrogens with zero attached hydrogens (tertiary/aromatic N) is 4. The summed E-state index contributed by atoms with van der Waals surface area (Å²) >= 11 is 0. The number of aliphatic carboxylic acids is 1. The number of rotatable bonds is 5. The summed E-state index contributed by atoms with van der Waals surface area (Å²) in [5.74, 6) is -1.62. The molecule has 8 nitrogen and oxygen atoms in total. The molecule has 2 atom stereocenters. The summed E-state index contributed by atoms with van der Waals surface area (Å²) in [6.45, 7) is 0.801. The van der Waals surface area contributed by atoms with Gasteiger partial charge in [0.25, 0.3) is 5.91 Å². The zero-order valence-corrected chi connectivity index (χ0v) is 12.9. The van der Waals surface area contributed by atoms with Gasteiger partial charge in [0.1, 0.15) is 12.7 Å². The van der Waals surface area contributed by atoms with Crippen LogP contribution in [0.5, 0.6) is 0 Å². The monoisotopic (exact) mass is 330 g/mol. The first kappa shape index (κ1) is 16.1. The maximum Gasteiger partial charge on any atom is 0.303 e. The van der Waals surface area contributed by atoms with E-state index in [-0.39, 0.29) is 25.4 Å². The summed E-state index contributed by atoms with van der Waals surface area (Å²) in [6, 6.07) is 7.19. The quantitative estimate of drug-likeness (QED) is 0.812. The van der Waals surface area contributed by atoms with Gasteiger partial charge in [-0.15, -0.1) is 0 Å². The molecule has 1 aromatic carbocycles. The predicted molar refractivity (Wildman–Crippen MR) is 83.2 cm³/mol. The summed E-state index contributed by atoms with van der Waals surface area (Å²) in [5, 5.41) is 22.9.